The molecular formula is C21H18BrN7O. The molecule has 8 nitrogen and oxygen atoms in total. The van der Waals surface area contributed by atoms with Gasteiger partial charge in [-0.3, -0.25) is 0 Å². The number of benzene rings is 1. The molecule has 0 amide bonds. The van der Waals surface area contributed by atoms with E-state index in [0.717, 1.165) is 43.3 Å². The molecule has 0 bridgehead atoms. The van der Waals surface area contributed by atoms with E-state index in [4.69, 9.17) is 10.5 Å². The summed E-state index contributed by atoms with van der Waals surface area (Å²) >= 11 is 3.52. The third kappa shape index (κ3) is 2.81. The first-order valence-corrected chi connectivity index (χ1v) is 10.00. The van der Waals surface area contributed by atoms with Crippen molar-refractivity contribution in [2.24, 2.45) is 14.1 Å². The summed E-state index contributed by atoms with van der Waals surface area (Å²) < 4.78 is 10.3. The summed E-state index contributed by atoms with van der Waals surface area (Å²) in [5, 5.41) is 10.4. The zero-order chi connectivity index (χ0) is 21.0. The maximum absolute atomic E-state index is 5.95. The van der Waals surface area contributed by atoms with Crippen LogP contribution in [0.5, 0.6) is 5.75 Å². The first kappa shape index (κ1) is 18.6. The lowest BCUT2D eigenvalue weighted by molar-refractivity contribution is 0.415. The van der Waals surface area contributed by atoms with Gasteiger partial charge in [-0.1, -0.05) is 0 Å². The number of pyridine rings is 1. The molecule has 9 heteroatoms. The van der Waals surface area contributed by atoms with Gasteiger partial charge in [-0.05, 0) is 40.2 Å². The second-order valence-corrected chi connectivity index (χ2v) is 8.00. The average Bonchev–Trinajstić information content (AvgIpc) is 3.24. The zero-order valence-electron chi connectivity index (χ0n) is 16.6. The minimum absolute atomic E-state index is 0.117. The highest BCUT2D eigenvalue weighted by molar-refractivity contribution is 9.10. The number of ether oxygens (including phenoxy) is 1. The molecule has 5 rings (SSSR count). The Bertz CT molecular complexity index is 1440. The minimum atomic E-state index is 0.117. The summed E-state index contributed by atoms with van der Waals surface area (Å²) in [5.41, 5.74) is 10.9. The monoisotopic (exact) mass is 463 g/mol. The summed E-state index contributed by atoms with van der Waals surface area (Å²) in [5.74, 6) is 0.887. The van der Waals surface area contributed by atoms with E-state index in [9.17, 15) is 0 Å². The molecule has 0 spiro atoms. The molecule has 0 saturated carbocycles. The third-order valence-electron chi connectivity index (χ3n) is 5.19. The van der Waals surface area contributed by atoms with Gasteiger partial charge in [0.15, 0.2) is 0 Å². The average molecular weight is 464 g/mol. The van der Waals surface area contributed by atoms with E-state index in [1.807, 2.05) is 59.9 Å². The van der Waals surface area contributed by atoms with Crippen LogP contribution in [0, 0.1) is 0 Å². The molecule has 0 saturated heterocycles. The molecule has 2 N–H and O–H groups in total. The Morgan fingerprint density at radius 3 is 2.53 bits per heavy atom. The van der Waals surface area contributed by atoms with Crippen LogP contribution in [-0.4, -0.2) is 36.4 Å². The predicted molar refractivity (Wildman–Crippen MR) is 120 cm³/mol. The Balaban J connectivity index is 1.84. The molecule has 0 atom stereocenters. The number of fused-ring (bicyclic) bond motifs is 2. The number of anilines is 1. The Labute approximate surface area is 180 Å². The fraction of sp³-hybridized carbons (Fsp3) is 0.143. The molecule has 1 aromatic carbocycles. The highest BCUT2D eigenvalue weighted by atomic mass is 79.9. The Kier molecular flexibility index (Phi) is 4.21. The maximum Gasteiger partial charge on any atom is 0.240 e. The maximum atomic E-state index is 5.95. The second kappa shape index (κ2) is 6.81. The van der Waals surface area contributed by atoms with Gasteiger partial charge in [0.05, 0.1) is 7.11 Å². The van der Waals surface area contributed by atoms with Crippen molar-refractivity contribution in [1.29, 1.82) is 0 Å². The molecule has 0 fully saturated rings. The lowest BCUT2D eigenvalue weighted by atomic mass is 10.0. The molecule has 0 aliphatic heterocycles. The van der Waals surface area contributed by atoms with Crippen molar-refractivity contribution >= 4 is 43.8 Å². The van der Waals surface area contributed by atoms with E-state index < -0.39 is 0 Å². The molecule has 4 aromatic heterocycles. The van der Waals surface area contributed by atoms with Gasteiger partial charge in [0.2, 0.25) is 5.95 Å². The van der Waals surface area contributed by atoms with Crippen molar-refractivity contribution in [2.75, 3.05) is 12.8 Å². The number of methoxy groups -OCH3 is 1. The topological polar surface area (TPSA) is 96.7 Å². The first-order valence-electron chi connectivity index (χ1n) is 9.21. The number of nitrogens with two attached hydrogens (primary N) is 1. The van der Waals surface area contributed by atoms with Crippen LogP contribution in [0.15, 0.2) is 47.3 Å². The number of nitrogens with zero attached hydrogens (tertiary/aromatic N) is 6. The van der Waals surface area contributed by atoms with Gasteiger partial charge in [0.1, 0.15) is 22.8 Å². The van der Waals surface area contributed by atoms with Gasteiger partial charge < -0.3 is 19.6 Å². The van der Waals surface area contributed by atoms with Crippen molar-refractivity contribution in [3.8, 4) is 28.3 Å². The van der Waals surface area contributed by atoms with Crippen molar-refractivity contribution in [2.45, 2.75) is 0 Å². The van der Waals surface area contributed by atoms with Gasteiger partial charge in [0.25, 0.3) is 0 Å². The number of aromatic nitrogens is 6. The second-order valence-electron chi connectivity index (χ2n) is 7.08. The molecule has 150 valence electrons. The van der Waals surface area contributed by atoms with Crippen LogP contribution in [0.4, 0.5) is 5.95 Å². The molecule has 0 aliphatic carbocycles. The summed E-state index contributed by atoms with van der Waals surface area (Å²) in [6.45, 7) is 0. The van der Waals surface area contributed by atoms with E-state index in [0.29, 0.717) is 11.4 Å². The van der Waals surface area contributed by atoms with Crippen LogP contribution in [-0.2, 0) is 14.1 Å². The third-order valence-corrected chi connectivity index (χ3v) is 5.62. The van der Waals surface area contributed by atoms with Crippen molar-refractivity contribution in [1.82, 2.24) is 29.3 Å². The first-order chi connectivity index (χ1) is 14.5. The van der Waals surface area contributed by atoms with Crippen molar-refractivity contribution in [3.63, 3.8) is 0 Å². The van der Waals surface area contributed by atoms with Gasteiger partial charge in [-0.25, -0.2) is 9.97 Å². The lowest BCUT2D eigenvalue weighted by Gasteiger charge is -2.07. The zero-order valence-corrected chi connectivity index (χ0v) is 18.2. The van der Waals surface area contributed by atoms with Crippen LogP contribution in [0.3, 0.4) is 0 Å². The SMILES string of the molecule is COc1ccc2c(c1)c(-c1nnc(N)nc1-c1cn(C)c3ncc(Br)cc13)cn2C. The molecule has 0 aliphatic rings. The number of hydrogen-bond acceptors (Lipinski definition) is 6. The molecule has 4 heterocycles. The van der Waals surface area contributed by atoms with E-state index in [1.54, 1.807) is 13.3 Å². The number of rotatable bonds is 3. The van der Waals surface area contributed by atoms with Crippen LogP contribution < -0.4 is 10.5 Å². The Hall–Kier alpha value is -3.46. The van der Waals surface area contributed by atoms with Crippen LogP contribution in [0.2, 0.25) is 0 Å². The van der Waals surface area contributed by atoms with Crippen LogP contribution in [0.25, 0.3) is 44.5 Å². The summed E-state index contributed by atoms with van der Waals surface area (Å²) in [6.07, 6.45) is 5.79. The lowest BCUT2D eigenvalue weighted by Crippen LogP contribution is -2.02. The molecule has 30 heavy (non-hydrogen) atoms. The quantitative estimate of drug-likeness (QED) is 0.435. The van der Waals surface area contributed by atoms with Crippen molar-refractivity contribution in [3.05, 3.63) is 47.3 Å². The molecule has 0 unspecified atom stereocenters. The van der Waals surface area contributed by atoms with E-state index in [2.05, 4.69) is 36.1 Å². The predicted octanol–water partition coefficient (Wildman–Crippen LogP) is 3.94. The minimum Gasteiger partial charge on any atom is -0.497 e. The fourth-order valence-electron chi connectivity index (χ4n) is 3.82. The molecule has 0 radical (unpaired) electrons. The number of aryl methyl sites for hydroxylation is 2. The highest BCUT2D eigenvalue weighted by Gasteiger charge is 2.21. The van der Waals surface area contributed by atoms with Gasteiger partial charge in [-0.2, -0.15) is 0 Å². The summed E-state index contributed by atoms with van der Waals surface area (Å²) in [7, 11) is 5.60. The normalized spacial score (nSPS) is 11.5. The number of halogens is 1. The van der Waals surface area contributed by atoms with Gasteiger partial charge in [0, 0.05) is 64.6 Å². The van der Waals surface area contributed by atoms with Crippen LogP contribution >= 0.6 is 15.9 Å². The standard InChI is InChI=1S/C21H18BrN7O/c1-28-9-15(13-7-12(30-3)4-5-17(13)28)19-18(25-21(23)27-26-19)16-10-29(2)20-14(16)6-11(22)8-24-20/h4-10H,1-3H3,(H2,23,25,27). The van der Waals surface area contributed by atoms with E-state index in [-0.39, 0.29) is 5.95 Å². The fourth-order valence-corrected chi connectivity index (χ4v) is 4.15. The Morgan fingerprint density at radius 1 is 0.967 bits per heavy atom. The van der Waals surface area contributed by atoms with Gasteiger partial charge in [-0.15, -0.1) is 10.2 Å². The van der Waals surface area contributed by atoms with Crippen molar-refractivity contribution < 1.29 is 4.74 Å². The summed E-state index contributed by atoms with van der Waals surface area (Å²) in [4.78, 5) is 9.11. The molecule has 5 aromatic rings. The Morgan fingerprint density at radius 2 is 1.73 bits per heavy atom. The largest absolute Gasteiger partial charge is 0.497 e. The number of nitrogen functional groups attached to an aromatic ring is 1. The van der Waals surface area contributed by atoms with E-state index >= 15 is 0 Å². The number of hydrogen-bond donors (Lipinski definition) is 1. The highest BCUT2D eigenvalue weighted by Crippen LogP contribution is 2.39. The van der Waals surface area contributed by atoms with Gasteiger partial charge >= 0.3 is 0 Å². The molecular weight excluding hydrogens is 446 g/mol. The summed E-state index contributed by atoms with van der Waals surface area (Å²) in [6, 6.07) is 7.97. The van der Waals surface area contributed by atoms with E-state index in [1.165, 1.54) is 0 Å². The smallest absolute Gasteiger partial charge is 0.240 e. The van der Waals surface area contributed by atoms with Crippen LogP contribution in [0.1, 0.15) is 0 Å².